The van der Waals surface area contributed by atoms with Crippen LogP contribution in [0, 0.1) is 0 Å². The van der Waals surface area contributed by atoms with E-state index < -0.39 is 5.60 Å². The van der Waals surface area contributed by atoms with Gasteiger partial charge in [0.1, 0.15) is 5.60 Å². The molecule has 2 atom stereocenters. The van der Waals surface area contributed by atoms with Crippen LogP contribution in [-0.4, -0.2) is 22.6 Å². The molecule has 2 aromatic carbocycles. The van der Waals surface area contributed by atoms with E-state index in [-0.39, 0.29) is 12.1 Å². The van der Waals surface area contributed by atoms with Gasteiger partial charge in [-0.15, -0.1) is 0 Å². The summed E-state index contributed by atoms with van der Waals surface area (Å²) in [4.78, 5) is 14.7. The Morgan fingerprint density at radius 1 is 1.16 bits per heavy atom. The third-order valence-electron chi connectivity index (χ3n) is 5.15. The van der Waals surface area contributed by atoms with Gasteiger partial charge in [0, 0.05) is 12.5 Å². The molecule has 130 valence electrons. The van der Waals surface area contributed by atoms with Gasteiger partial charge in [-0.25, -0.2) is 4.79 Å². The smallest absolute Gasteiger partial charge is 0.411 e. The number of ether oxygens (including phenoxy) is 1. The van der Waals surface area contributed by atoms with Gasteiger partial charge in [0.25, 0.3) is 0 Å². The van der Waals surface area contributed by atoms with Gasteiger partial charge in [-0.05, 0) is 55.5 Å². The van der Waals surface area contributed by atoms with Crippen molar-refractivity contribution in [2.24, 2.45) is 0 Å². The number of hydrogen-bond acceptors (Lipinski definition) is 2. The Kier molecular flexibility index (Phi) is 3.82. The van der Waals surface area contributed by atoms with E-state index in [1.165, 1.54) is 21.9 Å². The Labute approximate surface area is 149 Å². The van der Waals surface area contributed by atoms with Gasteiger partial charge in [-0.3, -0.25) is 4.90 Å². The highest BCUT2D eigenvalue weighted by atomic mass is 16.6. The zero-order valence-electron chi connectivity index (χ0n) is 15.2. The van der Waals surface area contributed by atoms with Crippen LogP contribution in [0.5, 0.6) is 0 Å². The fourth-order valence-corrected chi connectivity index (χ4v) is 4.16. The molecule has 2 aliphatic rings. The maximum Gasteiger partial charge on any atom is 0.411 e. The molecule has 2 aromatic rings. The number of carbonyl (C=O) groups is 1. The maximum atomic E-state index is 12.8. The Bertz CT molecular complexity index is 847. The summed E-state index contributed by atoms with van der Waals surface area (Å²) in [6.07, 6.45) is 6.32. The van der Waals surface area contributed by atoms with E-state index in [1.807, 2.05) is 25.7 Å². The molecular weight excluding hydrogens is 310 g/mol. The molecule has 25 heavy (non-hydrogen) atoms. The highest BCUT2D eigenvalue weighted by Crippen LogP contribution is 2.43. The zero-order chi connectivity index (χ0) is 17.6. The summed E-state index contributed by atoms with van der Waals surface area (Å²) in [7, 11) is 0. The summed E-state index contributed by atoms with van der Waals surface area (Å²) in [5, 5.41) is 2.61. The number of amides is 1. The second kappa shape index (κ2) is 5.91. The van der Waals surface area contributed by atoms with Crippen LogP contribution in [0.15, 0.2) is 48.6 Å². The molecule has 1 aliphatic carbocycles. The third kappa shape index (κ3) is 2.92. The number of benzene rings is 2. The second-order valence-electron chi connectivity index (χ2n) is 8.07. The summed E-state index contributed by atoms with van der Waals surface area (Å²) in [6.45, 7) is 6.38. The predicted molar refractivity (Wildman–Crippen MR) is 101 cm³/mol. The molecule has 0 bridgehead atoms. The van der Waals surface area contributed by atoms with Crippen LogP contribution in [0.1, 0.15) is 50.7 Å². The van der Waals surface area contributed by atoms with Crippen LogP contribution in [0.3, 0.4) is 0 Å². The van der Waals surface area contributed by atoms with E-state index in [9.17, 15) is 4.79 Å². The average Bonchev–Trinajstić information content (AvgIpc) is 2.59. The standard InChI is InChI=1S/C22H25NO2/c1-22(2,3)25-21(24)23-14-16-13-12-15-8-4-5-9-17(15)20(16)18-10-6-7-11-19(18)23/h4-5,7-9,11-13,18-19H,6,10,14H2,1-3H3/t18-,19+/m1/s1. The normalized spacial score (nSPS) is 22.4. The van der Waals surface area contributed by atoms with E-state index in [0.29, 0.717) is 12.5 Å². The van der Waals surface area contributed by atoms with Crippen LogP contribution in [0.4, 0.5) is 4.79 Å². The van der Waals surface area contributed by atoms with Gasteiger partial charge in [-0.2, -0.15) is 0 Å². The number of allylic oxidation sites excluding steroid dienone is 1. The molecule has 1 heterocycles. The quantitative estimate of drug-likeness (QED) is 0.604. The van der Waals surface area contributed by atoms with E-state index in [1.54, 1.807) is 0 Å². The molecule has 4 rings (SSSR count). The minimum absolute atomic E-state index is 0.0851. The van der Waals surface area contributed by atoms with Crippen LogP contribution in [0.25, 0.3) is 10.8 Å². The number of nitrogens with zero attached hydrogens (tertiary/aromatic N) is 1. The first-order valence-corrected chi connectivity index (χ1v) is 9.11. The van der Waals surface area contributed by atoms with Gasteiger partial charge in [-0.1, -0.05) is 48.6 Å². The fourth-order valence-electron chi connectivity index (χ4n) is 4.16. The van der Waals surface area contributed by atoms with Crippen molar-refractivity contribution in [1.29, 1.82) is 0 Å². The lowest BCUT2D eigenvalue weighted by Gasteiger charge is -2.43. The van der Waals surface area contributed by atoms with Crippen molar-refractivity contribution >= 4 is 16.9 Å². The van der Waals surface area contributed by atoms with Crippen molar-refractivity contribution in [3.63, 3.8) is 0 Å². The Morgan fingerprint density at radius 3 is 2.76 bits per heavy atom. The summed E-state index contributed by atoms with van der Waals surface area (Å²) >= 11 is 0. The molecule has 0 fully saturated rings. The van der Waals surface area contributed by atoms with Crippen LogP contribution < -0.4 is 0 Å². The van der Waals surface area contributed by atoms with Crippen molar-refractivity contribution in [3.05, 3.63) is 59.7 Å². The lowest BCUT2D eigenvalue weighted by atomic mass is 9.76. The van der Waals surface area contributed by atoms with Gasteiger partial charge >= 0.3 is 6.09 Å². The van der Waals surface area contributed by atoms with Crippen LogP contribution in [-0.2, 0) is 11.3 Å². The number of rotatable bonds is 0. The molecular formula is C22H25NO2. The molecule has 3 heteroatoms. The van der Waals surface area contributed by atoms with E-state index in [4.69, 9.17) is 4.74 Å². The lowest BCUT2D eigenvalue weighted by molar-refractivity contribution is 0.0128. The monoisotopic (exact) mass is 335 g/mol. The zero-order valence-corrected chi connectivity index (χ0v) is 15.2. The number of carbonyl (C=O) groups excluding carboxylic acids is 1. The Morgan fingerprint density at radius 2 is 1.96 bits per heavy atom. The first kappa shape index (κ1) is 16.2. The molecule has 0 spiro atoms. The maximum absolute atomic E-state index is 12.8. The third-order valence-corrected chi connectivity index (χ3v) is 5.15. The topological polar surface area (TPSA) is 29.5 Å². The number of fused-ring (bicyclic) bond motifs is 5. The van der Waals surface area contributed by atoms with E-state index >= 15 is 0 Å². The van der Waals surface area contributed by atoms with Gasteiger partial charge in [0.05, 0.1) is 6.04 Å². The lowest BCUT2D eigenvalue weighted by Crippen LogP contribution is -2.48. The Hall–Kier alpha value is -2.29. The molecule has 1 amide bonds. The highest BCUT2D eigenvalue weighted by molar-refractivity contribution is 5.88. The first-order chi connectivity index (χ1) is 11.9. The highest BCUT2D eigenvalue weighted by Gasteiger charge is 2.39. The fraction of sp³-hybridized carbons (Fsp3) is 0.409. The molecule has 0 N–H and O–H groups in total. The summed E-state index contributed by atoms with van der Waals surface area (Å²) < 4.78 is 5.68. The van der Waals surface area contributed by atoms with Crippen LogP contribution in [0.2, 0.25) is 0 Å². The van der Waals surface area contributed by atoms with Crippen molar-refractivity contribution in [2.45, 2.75) is 57.7 Å². The summed E-state index contributed by atoms with van der Waals surface area (Å²) in [5.74, 6) is 0.340. The minimum atomic E-state index is -0.478. The SMILES string of the molecule is CC(C)(C)OC(=O)N1Cc2ccc3ccccc3c2[C@@H]2CCC=C[C@@H]21. The average molecular weight is 335 g/mol. The van der Waals surface area contributed by atoms with Crippen molar-refractivity contribution in [3.8, 4) is 0 Å². The van der Waals surface area contributed by atoms with Gasteiger partial charge < -0.3 is 4.74 Å². The van der Waals surface area contributed by atoms with Crippen molar-refractivity contribution in [2.75, 3.05) is 0 Å². The van der Waals surface area contributed by atoms with Gasteiger partial charge in [0.15, 0.2) is 0 Å². The molecule has 0 unspecified atom stereocenters. The van der Waals surface area contributed by atoms with Crippen molar-refractivity contribution < 1.29 is 9.53 Å². The first-order valence-electron chi connectivity index (χ1n) is 9.11. The molecule has 0 saturated carbocycles. The Balaban J connectivity index is 1.80. The van der Waals surface area contributed by atoms with Crippen LogP contribution >= 0.6 is 0 Å². The van der Waals surface area contributed by atoms with E-state index in [2.05, 4.69) is 48.6 Å². The molecule has 0 aromatic heterocycles. The van der Waals surface area contributed by atoms with Gasteiger partial charge in [0.2, 0.25) is 0 Å². The molecule has 0 radical (unpaired) electrons. The largest absolute Gasteiger partial charge is 0.444 e. The molecule has 0 saturated heterocycles. The number of hydrogen-bond donors (Lipinski definition) is 0. The summed E-state index contributed by atoms with van der Waals surface area (Å²) in [6, 6.07) is 13.0. The summed E-state index contributed by atoms with van der Waals surface area (Å²) in [5.41, 5.74) is 2.20. The predicted octanol–water partition coefficient (Wildman–Crippen LogP) is 5.39. The molecule has 1 aliphatic heterocycles. The van der Waals surface area contributed by atoms with E-state index in [0.717, 1.165) is 12.8 Å². The van der Waals surface area contributed by atoms with Crippen molar-refractivity contribution in [1.82, 2.24) is 4.90 Å². The second-order valence-corrected chi connectivity index (χ2v) is 8.07. The minimum Gasteiger partial charge on any atom is -0.444 e. The molecule has 3 nitrogen and oxygen atoms in total.